The molecule has 0 aliphatic rings. The van der Waals surface area contributed by atoms with Crippen LogP contribution in [0, 0.1) is 27.2 Å². The number of aryl methyl sites for hydroxylation is 1. The molecular weight excluding hydrogens is 596 g/mol. The first kappa shape index (κ1) is 27.6. The highest BCUT2D eigenvalue weighted by molar-refractivity contribution is 7.15. The van der Waals surface area contributed by atoms with E-state index in [0.29, 0.717) is 31.7 Å². The summed E-state index contributed by atoms with van der Waals surface area (Å²) in [6, 6.07) is 17.7. The molecule has 0 bridgehead atoms. The number of hydrogen-bond acceptors (Lipinski definition) is 13. The Hall–Kier alpha value is -5.55. The van der Waals surface area contributed by atoms with E-state index in [1.165, 1.54) is 46.9 Å². The zero-order valence-corrected chi connectivity index (χ0v) is 23.8. The van der Waals surface area contributed by atoms with Crippen LogP contribution in [0.25, 0.3) is 11.0 Å². The maximum Gasteiger partial charge on any atom is 0.329 e. The highest BCUT2D eigenvalue weighted by Gasteiger charge is 2.18. The quantitative estimate of drug-likeness (QED) is 0.152. The second kappa shape index (κ2) is 11.4. The fraction of sp³-hybridized carbons (Fsp3) is 0.115. The lowest BCUT2D eigenvalue weighted by atomic mass is 10.2. The normalized spacial score (nSPS) is 11.1. The van der Waals surface area contributed by atoms with E-state index in [2.05, 4.69) is 31.0 Å². The summed E-state index contributed by atoms with van der Waals surface area (Å²) in [5.74, 6) is 0. The lowest BCUT2D eigenvalue weighted by molar-refractivity contribution is -0.385. The molecule has 0 saturated carbocycles. The number of anilines is 4. The van der Waals surface area contributed by atoms with Crippen molar-refractivity contribution in [2.45, 2.75) is 20.0 Å². The molecule has 15 nitrogen and oxygen atoms in total. The maximum atomic E-state index is 13.7. The van der Waals surface area contributed by atoms with E-state index >= 15 is 0 Å². The van der Waals surface area contributed by atoms with E-state index < -0.39 is 9.85 Å². The Morgan fingerprint density at radius 3 is 1.63 bits per heavy atom. The van der Waals surface area contributed by atoms with Crippen LogP contribution >= 0.6 is 22.7 Å². The molecular formula is C26H20N10O5S2. The second-order valence-corrected chi connectivity index (χ2v) is 11.4. The Labute approximate surface area is 249 Å². The molecule has 0 spiro atoms. The standard InChI is InChI=1S/C26H20N10O5S2/c1-15-2-11-20-21(12-15)34(14-23-30-32-25(43-23)28-17-5-9-19(10-6-17)36(40)41)26(37)33(20)13-22-29-31-24(42-22)27-16-3-7-18(8-4-16)35(38)39/h2-12H,13-14H2,1H3,(H,27,31)(H,28,32). The SMILES string of the molecule is Cc1ccc2c(c1)n(Cc1nnc(Nc3ccc([N+](=O)[O-])cc3)s1)c(=O)n2Cc1nnc(Nc2ccc([N+](=O)[O-])cc2)s1. The first-order valence-corrected chi connectivity index (χ1v) is 14.2. The molecule has 17 heteroatoms. The van der Waals surface area contributed by atoms with Gasteiger partial charge in [-0.2, -0.15) is 0 Å². The number of hydrogen-bond donors (Lipinski definition) is 2. The molecule has 0 fully saturated rings. The molecule has 0 unspecified atom stereocenters. The molecule has 0 aliphatic carbocycles. The molecule has 43 heavy (non-hydrogen) atoms. The van der Waals surface area contributed by atoms with Gasteiger partial charge in [0, 0.05) is 35.6 Å². The van der Waals surface area contributed by atoms with Crippen LogP contribution in [0.3, 0.4) is 0 Å². The molecule has 0 amide bonds. The summed E-state index contributed by atoms with van der Waals surface area (Å²) in [7, 11) is 0. The molecule has 216 valence electrons. The Morgan fingerprint density at radius 1 is 0.698 bits per heavy atom. The van der Waals surface area contributed by atoms with Gasteiger partial charge in [0.2, 0.25) is 10.3 Å². The summed E-state index contributed by atoms with van der Waals surface area (Å²) in [6.07, 6.45) is 0. The molecule has 6 rings (SSSR count). The third-order valence-corrected chi connectivity index (χ3v) is 8.00. The predicted octanol–water partition coefficient (Wildman–Crippen LogP) is 5.21. The van der Waals surface area contributed by atoms with Crippen molar-refractivity contribution in [3.8, 4) is 0 Å². The van der Waals surface area contributed by atoms with Crippen LogP contribution in [0.4, 0.5) is 33.0 Å². The van der Waals surface area contributed by atoms with Gasteiger partial charge in [-0.15, -0.1) is 20.4 Å². The van der Waals surface area contributed by atoms with Crippen molar-refractivity contribution in [2.24, 2.45) is 0 Å². The summed E-state index contributed by atoms with van der Waals surface area (Å²) in [4.78, 5) is 34.5. The van der Waals surface area contributed by atoms with Crippen molar-refractivity contribution < 1.29 is 9.85 Å². The summed E-state index contributed by atoms with van der Waals surface area (Å²) < 4.78 is 3.26. The molecule has 3 aromatic carbocycles. The molecule has 0 aliphatic heterocycles. The first-order chi connectivity index (χ1) is 20.7. The monoisotopic (exact) mass is 616 g/mol. The van der Waals surface area contributed by atoms with Crippen molar-refractivity contribution in [3.63, 3.8) is 0 Å². The minimum Gasteiger partial charge on any atom is -0.330 e. The zero-order valence-electron chi connectivity index (χ0n) is 22.2. The highest BCUT2D eigenvalue weighted by atomic mass is 32.1. The third kappa shape index (κ3) is 5.92. The first-order valence-electron chi connectivity index (χ1n) is 12.6. The van der Waals surface area contributed by atoms with E-state index in [1.54, 1.807) is 33.4 Å². The van der Waals surface area contributed by atoms with Crippen LogP contribution in [-0.4, -0.2) is 39.4 Å². The number of rotatable bonds is 10. The Kier molecular flexibility index (Phi) is 7.31. The predicted molar refractivity (Wildman–Crippen MR) is 162 cm³/mol. The van der Waals surface area contributed by atoms with E-state index in [-0.39, 0.29) is 30.2 Å². The number of aromatic nitrogens is 6. The van der Waals surface area contributed by atoms with Gasteiger partial charge in [-0.05, 0) is 48.9 Å². The minimum absolute atomic E-state index is 0.0138. The van der Waals surface area contributed by atoms with E-state index in [1.807, 2.05) is 25.1 Å². The third-order valence-electron chi connectivity index (χ3n) is 6.35. The van der Waals surface area contributed by atoms with Crippen LogP contribution in [-0.2, 0) is 13.1 Å². The largest absolute Gasteiger partial charge is 0.330 e. The Balaban J connectivity index is 1.22. The zero-order chi connectivity index (χ0) is 30.1. The van der Waals surface area contributed by atoms with Crippen molar-refractivity contribution in [1.82, 2.24) is 29.5 Å². The summed E-state index contributed by atoms with van der Waals surface area (Å²) in [5, 5.41) is 46.9. The number of nitro groups is 2. The topological polar surface area (TPSA) is 189 Å². The molecule has 0 saturated heterocycles. The van der Waals surface area contributed by atoms with Crippen LogP contribution < -0.4 is 16.3 Å². The van der Waals surface area contributed by atoms with Crippen molar-refractivity contribution in [2.75, 3.05) is 10.6 Å². The number of fused-ring (bicyclic) bond motifs is 1. The van der Waals surface area contributed by atoms with Gasteiger partial charge in [-0.1, -0.05) is 28.7 Å². The van der Waals surface area contributed by atoms with E-state index in [9.17, 15) is 25.0 Å². The van der Waals surface area contributed by atoms with Gasteiger partial charge in [-0.3, -0.25) is 29.4 Å². The van der Waals surface area contributed by atoms with Gasteiger partial charge in [-0.25, -0.2) is 4.79 Å². The molecule has 6 aromatic rings. The van der Waals surface area contributed by atoms with Crippen LogP contribution in [0.2, 0.25) is 0 Å². The number of nitrogens with zero attached hydrogens (tertiary/aromatic N) is 8. The van der Waals surface area contributed by atoms with Gasteiger partial charge >= 0.3 is 5.69 Å². The molecule has 0 atom stereocenters. The van der Waals surface area contributed by atoms with Gasteiger partial charge in [0.15, 0.2) is 0 Å². The number of imidazole rings is 1. The van der Waals surface area contributed by atoms with Gasteiger partial charge in [0.25, 0.3) is 11.4 Å². The molecule has 0 radical (unpaired) electrons. The van der Waals surface area contributed by atoms with Crippen LogP contribution in [0.15, 0.2) is 71.5 Å². The lowest BCUT2D eigenvalue weighted by Crippen LogP contribution is -2.25. The number of nitrogens with one attached hydrogen (secondary N) is 2. The van der Waals surface area contributed by atoms with Gasteiger partial charge < -0.3 is 10.6 Å². The van der Waals surface area contributed by atoms with E-state index in [0.717, 1.165) is 16.6 Å². The highest BCUT2D eigenvalue weighted by Crippen LogP contribution is 2.26. The van der Waals surface area contributed by atoms with Crippen LogP contribution in [0.1, 0.15) is 15.6 Å². The average Bonchev–Trinajstić information content (AvgIpc) is 3.69. The number of non-ortho nitro benzene ring substituents is 2. The second-order valence-electron chi connectivity index (χ2n) is 9.31. The van der Waals surface area contributed by atoms with Crippen LogP contribution in [0.5, 0.6) is 0 Å². The average molecular weight is 617 g/mol. The smallest absolute Gasteiger partial charge is 0.329 e. The Morgan fingerprint density at radius 2 is 1.16 bits per heavy atom. The number of benzene rings is 3. The summed E-state index contributed by atoms with van der Waals surface area (Å²) in [5.41, 5.74) is 3.42. The fourth-order valence-corrected chi connectivity index (χ4v) is 5.82. The number of nitro benzene ring substituents is 2. The summed E-state index contributed by atoms with van der Waals surface area (Å²) in [6.45, 7) is 2.33. The Bertz CT molecular complexity index is 2030. The lowest BCUT2D eigenvalue weighted by Gasteiger charge is -2.01. The van der Waals surface area contributed by atoms with Gasteiger partial charge in [0.05, 0.1) is 34.0 Å². The van der Waals surface area contributed by atoms with Crippen molar-refractivity contribution in [1.29, 1.82) is 0 Å². The van der Waals surface area contributed by atoms with E-state index in [4.69, 9.17) is 0 Å². The summed E-state index contributed by atoms with van der Waals surface area (Å²) >= 11 is 2.54. The molecule has 2 N–H and O–H groups in total. The maximum absolute atomic E-state index is 13.7. The minimum atomic E-state index is -0.467. The molecule has 3 aromatic heterocycles. The van der Waals surface area contributed by atoms with Crippen molar-refractivity contribution >= 4 is 66.7 Å². The molecule has 3 heterocycles. The van der Waals surface area contributed by atoms with Gasteiger partial charge in [0.1, 0.15) is 10.0 Å². The fourth-order valence-electron chi connectivity index (χ4n) is 4.32. The van der Waals surface area contributed by atoms with Crippen molar-refractivity contribution in [3.05, 3.63) is 113 Å².